The third-order valence-electron chi connectivity index (χ3n) is 2.30. The molecule has 0 atom stereocenters. The van der Waals surface area contributed by atoms with Crippen molar-refractivity contribution in [2.24, 2.45) is 0 Å². The van der Waals surface area contributed by atoms with Crippen molar-refractivity contribution in [3.8, 4) is 5.75 Å². The SMILES string of the molecule is C=C(O)/C=C\C(=C/C)c1ccc(O)c(C)c1. The fourth-order valence-corrected chi connectivity index (χ4v) is 1.38. The average molecular weight is 216 g/mol. The lowest BCUT2D eigenvalue weighted by Crippen LogP contribution is -1.83. The highest BCUT2D eigenvalue weighted by Gasteiger charge is 2.00. The summed E-state index contributed by atoms with van der Waals surface area (Å²) in [6, 6.07) is 5.40. The molecule has 2 heteroatoms. The molecule has 0 bridgehead atoms. The first-order valence-electron chi connectivity index (χ1n) is 5.07. The summed E-state index contributed by atoms with van der Waals surface area (Å²) in [7, 11) is 0. The van der Waals surface area contributed by atoms with Crippen molar-refractivity contribution in [1.29, 1.82) is 0 Å². The molecule has 0 aliphatic heterocycles. The van der Waals surface area contributed by atoms with Crippen LogP contribution < -0.4 is 0 Å². The molecule has 0 saturated heterocycles. The molecule has 0 aliphatic carbocycles. The molecule has 2 N–H and O–H groups in total. The quantitative estimate of drug-likeness (QED) is 0.597. The number of hydrogen-bond acceptors (Lipinski definition) is 2. The van der Waals surface area contributed by atoms with Crippen LogP contribution in [0, 0.1) is 6.92 Å². The van der Waals surface area contributed by atoms with Gasteiger partial charge in [0.15, 0.2) is 0 Å². The molecular formula is C14H16O2. The Bertz CT molecular complexity index is 454. The van der Waals surface area contributed by atoms with Gasteiger partial charge in [0, 0.05) is 0 Å². The molecule has 16 heavy (non-hydrogen) atoms. The molecule has 0 aromatic heterocycles. The number of phenols is 1. The zero-order valence-electron chi connectivity index (χ0n) is 9.57. The van der Waals surface area contributed by atoms with E-state index in [1.807, 2.05) is 32.1 Å². The van der Waals surface area contributed by atoms with Gasteiger partial charge in [0.2, 0.25) is 0 Å². The van der Waals surface area contributed by atoms with E-state index >= 15 is 0 Å². The smallest absolute Gasteiger partial charge is 0.118 e. The van der Waals surface area contributed by atoms with E-state index in [-0.39, 0.29) is 11.5 Å². The third kappa shape index (κ3) is 3.02. The molecule has 0 amide bonds. The van der Waals surface area contributed by atoms with E-state index in [2.05, 4.69) is 6.58 Å². The van der Waals surface area contributed by atoms with Crippen LogP contribution in [0.3, 0.4) is 0 Å². The van der Waals surface area contributed by atoms with Crippen LogP contribution in [0.25, 0.3) is 5.57 Å². The summed E-state index contributed by atoms with van der Waals surface area (Å²) in [6.07, 6.45) is 5.26. The number of aliphatic hydroxyl groups is 1. The minimum absolute atomic E-state index is 0.0230. The molecule has 0 radical (unpaired) electrons. The minimum Gasteiger partial charge on any atom is -0.509 e. The standard InChI is InChI=1S/C14H16O2/c1-4-12(6-5-11(3)15)13-7-8-14(16)10(2)9-13/h4-9,15-16H,3H2,1-2H3/b6-5-,12-4+. The van der Waals surface area contributed by atoms with E-state index in [1.165, 1.54) is 6.08 Å². The van der Waals surface area contributed by atoms with E-state index in [0.29, 0.717) is 0 Å². The number of aryl methyl sites for hydroxylation is 1. The Kier molecular flexibility index (Phi) is 3.95. The Morgan fingerprint density at radius 2 is 2.00 bits per heavy atom. The summed E-state index contributed by atoms with van der Waals surface area (Å²) in [5.41, 5.74) is 2.79. The van der Waals surface area contributed by atoms with E-state index in [0.717, 1.165) is 16.7 Å². The van der Waals surface area contributed by atoms with E-state index in [1.54, 1.807) is 12.1 Å². The Morgan fingerprint density at radius 3 is 2.50 bits per heavy atom. The number of allylic oxidation sites excluding steroid dienone is 4. The lowest BCUT2D eigenvalue weighted by atomic mass is 10.0. The lowest BCUT2D eigenvalue weighted by Gasteiger charge is -2.05. The van der Waals surface area contributed by atoms with Gasteiger partial charge in [0.1, 0.15) is 11.5 Å². The van der Waals surface area contributed by atoms with Gasteiger partial charge in [0.05, 0.1) is 0 Å². The predicted molar refractivity (Wildman–Crippen MR) is 67.4 cm³/mol. The first kappa shape index (κ1) is 12.1. The van der Waals surface area contributed by atoms with Crippen LogP contribution in [0.4, 0.5) is 0 Å². The number of benzene rings is 1. The van der Waals surface area contributed by atoms with Gasteiger partial charge in [-0.1, -0.05) is 24.8 Å². The molecule has 1 aromatic rings. The summed E-state index contributed by atoms with van der Waals surface area (Å²) >= 11 is 0. The van der Waals surface area contributed by atoms with E-state index in [9.17, 15) is 5.11 Å². The van der Waals surface area contributed by atoms with Gasteiger partial charge in [-0.25, -0.2) is 0 Å². The predicted octanol–water partition coefficient (Wildman–Crippen LogP) is 3.73. The van der Waals surface area contributed by atoms with Crippen molar-refractivity contribution >= 4 is 5.57 Å². The van der Waals surface area contributed by atoms with Crippen LogP contribution in [0.1, 0.15) is 18.1 Å². The second-order valence-electron chi connectivity index (χ2n) is 3.57. The van der Waals surface area contributed by atoms with Crippen molar-refractivity contribution in [1.82, 2.24) is 0 Å². The zero-order chi connectivity index (χ0) is 12.1. The maximum atomic E-state index is 9.42. The van der Waals surface area contributed by atoms with Gasteiger partial charge < -0.3 is 10.2 Å². The number of hydrogen-bond donors (Lipinski definition) is 2. The van der Waals surface area contributed by atoms with E-state index in [4.69, 9.17) is 5.11 Å². The highest BCUT2D eigenvalue weighted by atomic mass is 16.3. The minimum atomic E-state index is 0.0230. The third-order valence-corrected chi connectivity index (χ3v) is 2.30. The maximum absolute atomic E-state index is 9.42. The van der Waals surface area contributed by atoms with Gasteiger partial charge >= 0.3 is 0 Å². The second kappa shape index (κ2) is 5.21. The topological polar surface area (TPSA) is 40.5 Å². The molecule has 0 aliphatic rings. The molecule has 0 fully saturated rings. The highest BCUT2D eigenvalue weighted by Crippen LogP contribution is 2.23. The van der Waals surface area contributed by atoms with Crippen LogP contribution in [0.15, 0.2) is 48.8 Å². The van der Waals surface area contributed by atoms with Crippen molar-refractivity contribution in [3.63, 3.8) is 0 Å². The monoisotopic (exact) mass is 216 g/mol. The van der Waals surface area contributed by atoms with Gasteiger partial charge in [-0.2, -0.15) is 0 Å². The summed E-state index contributed by atoms with van der Waals surface area (Å²) in [5.74, 6) is 0.310. The molecule has 1 rings (SSSR count). The second-order valence-corrected chi connectivity index (χ2v) is 3.57. The fourth-order valence-electron chi connectivity index (χ4n) is 1.38. The molecule has 0 unspecified atom stereocenters. The number of phenolic OH excluding ortho intramolecular Hbond substituents is 1. The molecule has 2 nitrogen and oxygen atoms in total. The molecule has 0 spiro atoms. The van der Waals surface area contributed by atoms with Gasteiger partial charge in [-0.05, 0) is 48.8 Å². The summed E-state index contributed by atoms with van der Waals surface area (Å²) < 4.78 is 0. The Hall–Kier alpha value is -1.96. The van der Waals surface area contributed by atoms with E-state index < -0.39 is 0 Å². The van der Waals surface area contributed by atoms with Gasteiger partial charge in [0.25, 0.3) is 0 Å². The summed E-state index contributed by atoms with van der Waals surface area (Å²) in [4.78, 5) is 0. The molecule has 1 aromatic carbocycles. The largest absolute Gasteiger partial charge is 0.509 e. The number of rotatable bonds is 3. The Labute approximate surface area is 95.9 Å². The van der Waals surface area contributed by atoms with Crippen LogP contribution >= 0.6 is 0 Å². The normalized spacial score (nSPS) is 12.0. The summed E-state index contributed by atoms with van der Waals surface area (Å²) in [6.45, 7) is 7.15. The fraction of sp³-hybridized carbons (Fsp3) is 0.143. The van der Waals surface area contributed by atoms with Crippen LogP contribution in [0.5, 0.6) is 5.75 Å². The van der Waals surface area contributed by atoms with Crippen molar-refractivity contribution < 1.29 is 10.2 Å². The van der Waals surface area contributed by atoms with Crippen LogP contribution in [0.2, 0.25) is 0 Å². The van der Waals surface area contributed by atoms with Crippen LogP contribution in [-0.4, -0.2) is 10.2 Å². The number of aromatic hydroxyl groups is 1. The Balaban J connectivity index is 3.06. The average Bonchev–Trinajstić information content (AvgIpc) is 2.23. The highest BCUT2D eigenvalue weighted by molar-refractivity contribution is 5.75. The van der Waals surface area contributed by atoms with Crippen molar-refractivity contribution in [2.45, 2.75) is 13.8 Å². The van der Waals surface area contributed by atoms with Crippen LogP contribution in [-0.2, 0) is 0 Å². The first-order valence-corrected chi connectivity index (χ1v) is 5.07. The Morgan fingerprint density at radius 1 is 1.31 bits per heavy atom. The molecule has 84 valence electrons. The molecule has 0 saturated carbocycles. The lowest BCUT2D eigenvalue weighted by molar-refractivity contribution is 0.435. The maximum Gasteiger partial charge on any atom is 0.118 e. The van der Waals surface area contributed by atoms with Crippen molar-refractivity contribution in [2.75, 3.05) is 0 Å². The first-order chi connectivity index (χ1) is 7.54. The van der Waals surface area contributed by atoms with Gasteiger partial charge in [-0.3, -0.25) is 0 Å². The van der Waals surface area contributed by atoms with Gasteiger partial charge in [-0.15, -0.1) is 0 Å². The molecular weight excluding hydrogens is 200 g/mol. The zero-order valence-corrected chi connectivity index (χ0v) is 9.57. The number of aliphatic hydroxyl groups excluding tert-OH is 1. The summed E-state index contributed by atoms with van der Waals surface area (Å²) in [5, 5.41) is 18.4. The molecule has 0 heterocycles. The van der Waals surface area contributed by atoms with Crippen molar-refractivity contribution in [3.05, 3.63) is 59.9 Å².